The molecule has 0 saturated heterocycles. The van der Waals surface area contributed by atoms with Crippen molar-refractivity contribution in [1.82, 2.24) is 0 Å². The number of nitrogens with one attached hydrogen (secondary N) is 1. The van der Waals surface area contributed by atoms with E-state index in [1.807, 2.05) is 6.07 Å². The van der Waals surface area contributed by atoms with Crippen molar-refractivity contribution in [2.24, 2.45) is 0 Å². The number of nitriles is 1. The number of carbonyl (C=O) groups is 1. The molecule has 2 rings (SSSR count). The molecule has 0 unspecified atom stereocenters. The van der Waals surface area contributed by atoms with Crippen molar-refractivity contribution in [3.8, 4) is 29.1 Å². The van der Waals surface area contributed by atoms with Crippen molar-refractivity contribution >= 4 is 11.6 Å². The van der Waals surface area contributed by atoms with Crippen molar-refractivity contribution < 1.29 is 23.7 Å². The van der Waals surface area contributed by atoms with Gasteiger partial charge in [-0.25, -0.2) is 0 Å². The lowest BCUT2D eigenvalue weighted by atomic mass is 10.2. The van der Waals surface area contributed by atoms with E-state index in [0.29, 0.717) is 34.2 Å². The minimum absolute atomic E-state index is 0.234. The number of ether oxygens (including phenoxy) is 4. The Labute approximate surface area is 145 Å². The van der Waals surface area contributed by atoms with Crippen molar-refractivity contribution in [3.05, 3.63) is 42.0 Å². The number of carbonyl (C=O) groups excluding carboxylic acids is 1. The van der Waals surface area contributed by atoms with Crippen LogP contribution in [0.15, 0.2) is 36.4 Å². The van der Waals surface area contributed by atoms with Crippen LogP contribution >= 0.6 is 0 Å². The maximum absolute atomic E-state index is 12.2. The molecule has 1 amide bonds. The molecular formula is C18H18N2O5. The van der Waals surface area contributed by atoms with Gasteiger partial charge in [-0.1, -0.05) is 0 Å². The molecular weight excluding hydrogens is 324 g/mol. The Morgan fingerprint density at radius 2 is 1.72 bits per heavy atom. The van der Waals surface area contributed by atoms with Crippen molar-refractivity contribution in [2.45, 2.75) is 0 Å². The molecule has 0 aliphatic carbocycles. The quantitative estimate of drug-likeness (QED) is 0.832. The summed E-state index contributed by atoms with van der Waals surface area (Å²) in [6.45, 7) is -0.234. The molecule has 0 atom stereocenters. The zero-order chi connectivity index (χ0) is 18.2. The molecule has 0 fully saturated rings. The average Bonchev–Trinajstić information content (AvgIpc) is 2.66. The van der Waals surface area contributed by atoms with Crippen molar-refractivity contribution in [1.29, 1.82) is 5.26 Å². The molecule has 0 bridgehead atoms. The first-order chi connectivity index (χ1) is 12.1. The molecule has 25 heavy (non-hydrogen) atoms. The molecule has 0 spiro atoms. The van der Waals surface area contributed by atoms with Gasteiger partial charge in [-0.2, -0.15) is 5.26 Å². The Kier molecular flexibility index (Phi) is 6.07. The summed E-state index contributed by atoms with van der Waals surface area (Å²) >= 11 is 0. The Morgan fingerprint density at radius 3 is 2.36 bits per heavy atom. The number of hydrogen-bond acceptors (Lipinski definition) is 6. The maximum Gasteiger partial charge on any atom is 0.262 e. The van der Waals surface area contributed by atoms with Gasteiger partial charge in [0.25, 0.3) is 5.91 Å². The standard InChI is InChI=1S/C18H18N2O5/c1-22-13-5-7-15(23-2)14(9-13)20-18(21)11-25-16-6-4-12(10-19)8-17(16)24-3/h4-9H,11H2,1-3H3,(H,20,21). The molecule has 2 aromatic carbocycles. The maximum atomic E-state index is 12.2. The van der Waals surface area contributed by atoms with Gasteiger partial charge in [0.2, 0.25) is 0 Å². The van der Waals surface area contributed by atoms with Crippen LogP contribution in [0.25, 0.3) is 0 Å². The predicted molar refractivity (Wildman–Crippen MR) is 91.4 cm³/mol. The first-order valence-electron chi connectivity index (χ1n) is 7.34. The van der Waals surface area contributed by atoms with E-state index < -0.39 is 0 Å². The third-order valence-electron chi connectivity index (χ3n) is 3.33. The number of amides is 1. The lowest BCUT2D eigenvalue weighted by Gasteiger charge is -2.13. The molecule has 0 saturated carbocycles. The summed E-state index contributed by atoms with van der Waals surface area (Å²) in [6, 6.07) is 11.8. The summed E-state index contributed by atoms with van der Waals surface area (Å²) in [5, 5.41) is 11.6. The highest BCUT2D eigenvalue weighted by Crippen LogP contribution is 2.30. The average molecular weight is 342 g/mol. The second kappa shape index (κ2) is 8.45. The van der Waals surface area contributed by atoms with Gasteiger partial charge in [-0.3, -0.25) is 4.79 Å². The molecule has 7 heteroatoms. The van der Waals surface area contributed by atoms with Crippen LogP contribution in [-0.2, 0) is 4.79 Å². The third-order valence-corrected chi connectivity index (χ3v) is 3.33. The second-order valence-corrected chi connectivity index (χ2v) is 4.88. The molecule has 0 aliphatic heterocycles. The molecule has 0 radical (unpaired) electrons. The van der Waals surface area contributed by atoms with Crippen molar-refractivity contribution in [2.75, 3.05) is 33.3 Å². The Bertz CT molecular complexity index is 799. The van der Waals surface area contributed by atoms with Gasteiger partial charge in [0, 0.05) is 12.1 Å². The van der Waals surface area contributed by atoms with Crippen LogP contribution < -0.4 is 24.3 Å². The summed E-state index contributed by atoms with van der Waals surface area (Å²) in [5.41, 5.74) is 0.914. The molecule has 0 aromatic heterocycles. The van der Waals surface area contributed by atoms with Crippen LogP contribution in [0.4, 0.5) is 5.69 Å². The Balaban J connectivity index is 2.05. The van der Waals surface area contributed by atoms with Gasteiger partial charge in [0.1, 0.15) is 11.5 Å². The number of methoxy groups -OCH3 is 3. The number of rotatable bonds is 7. The number of hydrogen-bond donors (Lipinski definition) is 1. The highest BCUT2D eigenvalue weighted by atomic mass is 16.5. The first kappa shape index (κ1) is 17.9. The molecule has 2 aromatic rings. The predicted octanol–water partition coefficient (Wildman–Crippen LogP) is 2.60. The normalized spacial score (nSPS) is 9.68. The highest BCUT2D eigenvalue weighted by molar-refractivity contribution is 5.93. The monoisotopic (exact) mass is 342 g/mol. The number of benzene rings is 2. The van der Waals surface area contributed by atoms with E-state index in [1.54, 1.807) is 36.4 Å². The summed E-state index contributed by atoms with van der Waals surface area (Å²) in [4.78, 5) is 12.2. The third kappa shape index (κ3) is 4.54. The fourth-order valence-corrected chi connectivity index (χ4v) is 2.10. The number of anilines is 1. The molecule has 7 nitrogen and oxygen atoms in total. The smallest absolute Gasteiger partial charge is 0.262 e. The van der Waals surface area contributed by atoms with Gasteiger partial charge in [0.15, 0.2) is 18.1 Å². The topological polar surface area (TPSA) is 89.8 Å². The van der Waals surface area contributed by atoms with Crippen LogP contribution in [0.3, 0.4) is 0 Å². The van der Waals surface area contributed by atoms with E-state index in [4.69, 9.17) is 24.2 Å². The summed E-state index contributed by atoms with van der Waals surface area (Å²) in [7, 11) is 4.51. The Morgan fingerprint density at radius 1 is 1.00 bits per heavy atom. The van der Waals surface area contributed by atoms with Gasteiger partial charge >= 0.3 is 0 Å². The van der Waals surface area contributed by atoms with E-state index in [2.05, 4.69) is 5.32 Å². The van der Waals surface area contributed by atoms with Crippen LogP contribution in [0.2, 0.25) is 0 Å². The van der Waals surface area contributed by atoms with Crippen LogP contribution in [0, 0.1) is 11.3 Å². The summed E-state index contributed by atoms with van der Waals surface area (Å²) in [5.74, 6) is 1.47. The first-order valence-corrected chi connectivity index (χ1v) is 7.34. The van der Waals surface area contributed by atoms with Crippen LogP contribution in [0.5, 0.6) is 23.0 Å². The van der Waals surface area contributed by atoms with Crippen molar-refractivity contribution in [3.63, 3.8) is 0 Å². The molecule has 0 aliphatic rings. The largest absolute Gasteiger partial charge is 0.497 e. The van der Waals surface area contributed by atoms with E-state index >= 15 is 0 Å². The summed E-state index contributed by atoms with van der Waals surface area (Å²) in [6.07, 6.45) is 0. The number of nitrogens with zero attached hydrogens (tertiary/aromatic N) is 1. The zero-order valence-electron chi connectivity index (χ0n) is 14.2. The fourth-order valence-electron chi connectivity index (χ4n) is 2.10. The highest BCUT2D eigenvalue weighted by Gasteiger charge is 2.12. The van der Waals surface area contributed by atoms with E-state index in [9.17, 15) is 4.79 Å². The van der Waals surface area contributed by atoms with Gasteiger partial charge in [-0.05, 0) is 24.3 Å². The lowest BCUT2D eigenvalue weighted by molar-refractivity contribution is -0.118. The second-order valence-electron chi connectivity index (χ2n) is 4.88. The minimum atomic E-state index is -0.377. The molecule has 1 N–H and O–H groups in total. The van der Waals surface area contributed by atoms with E-state index in [-0.39, 0.29) is 12.5 Å². The minimum Gasteiger partial charge on any atom is -0.497 e. The van der Waals surface area contributed by atoms with Crippen LogP contribution in [0.1, 0.15) is 5.56 Å². The SMILES string of the molecule is COc1ccc(OC)c(NC(=O)COc2ccc(C#N)cc2OC)c1. The summed E-state index contributed by atoms with van der Waals surface area (Å²) < 4.78 is 21.0. The zero-order valence-corrected chi connectivity index (χ0v) is 14.2. The molecule has 0 heterocycles. The fraction of sp³-hybridized carbons (Fsp3) is 0.222. The Hall–Kier alpha value is -3.40. The van der Waals surface area contributed by atoms with Crippen LogP contribution in [-0.4, -0.2) is 33.8 Å². The van der Waals surface area contributed by atoms with Gasteiger partial charge in [0.05, 0.1) is 38.6 Å². The lowest BCUT2D eigenvalue weighted by Crippen LogP contribution is -2.20. The van der Waals surface area contributed by atoms with E-state index in [0.717, 1.165) is 0 Å². The molecule has 130 valence electrons. The van der Waals surface area contributed by atoms with Gasteiger partial charge < -0.3 is 24.3 Å². The van der Waals surface area contributed by atoms with Gasteiger partial charge in [-0.15, -0.1) is 0 Å². The van der Waals surface area contributed by atoms with E-state index in [1.165, 1.54) is 21.3 Å².